The minimum absolute atomic E-state index is 0.0224. The van der Waals surface area contributed by atoms with Crippen LogP contribution in [0.1, 0.15) is 55.4 Å². The van der Waals surface area contributed by atoms with Crippen LogP contribution >= 0.6 is 15.9 Å². The molecule has 2 rings (SSSR count). The molecule has 36 heavy (non-hydrogen) atoms. The van der Waals surface area contributed by atoms with Crippen molar-refractivity contribution < 1.29 is 36.7 Å². The molecule has 0 heterocycles. The molecule has 0 aromatic heterocycles. The molecule has 2 aromatic carbocycles. The molecule has 0 bridgehead atoms. The number of hydrogen-bond donors (Lipinski definition) is 0. The van der Waals surface area contributed by atoms with Gasteiger partial charge in [-0.25, -0.2) is 0 Å². The Balaban J connectivity index is 0.000000697. The van der Waals surface area contributed by atoms with Crippen molar-refractivity contribution in [3.05, 3.63) is 42.5 Å². The molecule has 10 heteroatoms. The van der Waals surface area contributed by atoms with E-state index in [9.17, 15) is 9.13 Å². The molecule has 0 saturated heterocycles. The Morgan fingerprint density at radius 1 is 0.722 bits per heavy atom. The molecule has 2 aromatic rings. The normalized spacial score (nSPS) is 11.3. The third-order valence-corrected chi connectivity index (χ3v) is 7.36. The van der Waals surface area contributed by atoms with Gasteiger partial charge in [0.1, 0.15) is 24.7 Å². The van der Waals surface area contributed by atoms with E-state index in [4.69, 9.17) is 18.5 Å². The summed E-state index contributed by atoms with van der Waals surface area (Å²) in [5, 5.41) is 0.507. The minimum Gasteiger partial charge on any atom is -0.490 e. The van der Waals surface area contributed by atoms with E-state index in [1.807, 2.05) is 64.1 Å². The van der Waals surface area contributed by atoms with Crippen LogP contribution in [-0.4, -0.2) is 38.6 Å². The van der Waals surface area contributed by atoms with Crippen LogP contribution < -0.4 is 14.8 Å². The standard InChI is InChI=1S/C22H31O5P.C4H10O3P/c1-7-24-28(23,25-8-2)21-15-10-9-12-18(21)22-19(26-16(3)4)13-11-14-20(22)27-17(5)6;1-3-6-8(5)7-4-2/h9-17H,7-8H2,1-6H3;3-4H2,1-2H3/q;+1. The van der Waals surface area contributed by atoms with Crippen LogP contribution in [-0.2, 0) is 27.2 Å². The molecule has 0 spiro atoms. The molecule has 0 amide bonds. The van der Waals surface area contributed by atoms with Gasteiger partial charge in [-0.15, -0.1) is 9.05 Å². The van der Waals surface area contributed by atoms with Gasteiger partial charge in [0.2, 0.25) is 0 Å². The van der Waals surface area contributed by atoms with Gasteiger partial charge in [0.25, 0.3) is 0 Å². The molecule has 0 atom stereocenters. The zero-order chi connectivity index (χ0) is 27.1. The molecular formula is C26H41O8P2+. The quantitative estimate of drug-likeness (QED) is 0.226. The smallest absolute Gasteiger partial charge is 0.490 e. The van der Waals surface area contributed by atoms with Crippen molar-refractivity contribution >= 4 is 21.2 Å². The Labute approximate surface area is 217 Å². The second-order valence-electron chi connectivity index (χ2n) is 7.87. The van der Waals surface area contributed by atoms with E-state index in [1.165, 1.54) is 0 Å². The first kappa shape index (κ1) is 32.2. The highest BCUT2D eigenvalue weighted by Gasteiger charge is 2.32. The summed E-state index contributed by atoms with van der Waals surface area (Å²) in [4.78, 5) is 0. The average molecular weight is 544 g/mol. The van der Waals surface area contributed by atoms with Crippen LogP contribution in [0.5, 0.6) is 11.5 Å². The topological polar surface area (TPSA) is 89.5 Å². The summed E-state index contributed by atoms with van der Waals surface area (Å²) in [7, 11) is -5.32. The zero-order valence-electron chi connectivity index (χ0n) is 22.7. The number of benzene rings is 2. The van der Waals surface area contributed by atoms with Crippen molar-refractivity contribution in [2.75, 3.05) is 26.4 Å². The first-order valence-electron chi connectivity index (χ1n) is 12.3. The van der Waals surface area contributed by atoms with E-state index in [1.54, 1.807) is 33.8 Å². The summed E-state index contributed by atoms with van der Waals surface area (Å²) >= 11 is 0. The molecule has 0 aliphatic rings. The van der Waals surface area contributed by atoms with Crippen molar-refractivity contribution in [2.24, 2.45) is 0 Å². The lowest BCUT2D eigenvalue weighted by atomic mass is 10.0. The first-order valence-corrected chi connectivity index (χ1v) is 15.0. The number of ether oxygens (including phenoxy) is 2. The highest BCUT2D eigenvalue weighted by atomic mass is 31.2. The molecule has 0 radical (unpaired) electrons. The Bertz CT molecular complexity index is 932. The van der Waals surface area contributed by atoms with Gasteiger partial charge < -0.3 is 18.5 Å². The Morgan fingerprint density at radius 3 is 1.61 bits per heavy atom. The van der Waals surface area contributed by atoms with Crippen molar-refractivity contribution in [2.45, 2.75) is 67.6 Å². The fourth-order valence-electron chi connectivity index (χ4n) is 3.17. The summed E-state index contributed by atoms with van der Waals surface area (Å²) in [6.45, 7) is 16.5. The third kappa shape index (κ3) is 10.3. The van der Waals surface area contributed by atoms with Crippen LogP contribution in [0.25, 0.3) is 11.1 Å². The van der Waals surface area contributed by atoms with Gasteiger partial charge >= 0.3 is 15.9 Å². The molecule has 0 aliphatic carbocycles. The van der Waals surface area contributed by atoms with E-state index in [2.05, 4.69) is 9.05 Å². The van der Waals surface area contributed by atoms with Gasteiger partial charge in [-0.1, -0.05) is 24.3 Å². The predicted molar refractivity (Wildman–Crippen MR) is 145 cm³/mol. The molecule has 0 N–H and O–H groups in total. The molecule has 0 fully saturated rings. The van der Waals surface area contributed by atoms with Crippen molar-refractivity contribution in [3.8, 4) is 22.6 Å². The second kappa shape index (κ2) is 16.9. The van der Waals surface area contributed by atoms with Crippen LogP contribution in [0, 0.1) is 0 Å². The predicted octanol–water partition coefficient (Wildman–Crippen LogP) is 7.54. The Hall–Kier alpha value is -1.79. The monoisotopic (exact) mass is 543 g/mol. The molecule has 0 aliphatic heterocycles. The second-order valence-corrected chi connectivity index (χ2v) is 10.8. The van der Waals surface area contributed by atoms with Gasteiger partial charge in [0.05, 0.1) is 36.3 Å². The van der Waals surface area contributed by atoms with Crippen molar-refractivity contribution in [3.63, 3.8) is 0 Å². The molecule has 8 nitrogen and oxygen atoms in total. The lowest BCUT2D eigenvalue weighted by molar-refractivity contribution is 0.229. The van der Waals surface area contributed by atoms with Crippen LogP contribution in [0.15, 0.2) is 42.5 Å². The lowest BCUT2D eigenvalue weighted by Gasteiger charge is -2.24. The maximum atomic E-state index is 13.5. The first-order chi connectivity index (χ1) is 17.1. The molecular weight excluding hydrogens is 502 g/mol. The van der Waals surface area contributed by atoms with Crippen molar-refractivity contribution in [1.29, 1.82) is 0 Å². The summed E-state index contributed by atoms with van der Waals surface area (Å²) in [6, 6.07) is 13.1. The Morgan fingerprint density at radius 2 is 1.19 bits per heavy atom. The SMILES string of the molecule is CCOP(=O)(OCC)c1ccccc1-c1c(OC(C)C)cccc1OC(C)C.CCO[P+](=O)OCC. The van der Waals surface area contributed by atoms with Crippen LogP contribution in [0.2, 0.25) is 0 Å². The molecule has 0 saturated carbocycles. The third-order valence-electron chi connectivity index (χ3n) is 4.25. The van der Waals surface area contributed by atoms with Gasteiger partial charge in [0, 0.05) is 10.1 Å². The highest BCUT2D eigenvalue weighted by molar-refractivity contribution is 7.62. The molecule has 202 valence electrons. The highest BCUT2D eigenvalue weighted by Crippen LogP contribution is 2.51. The number of rotatable bonds is 14. The van der Waals surface area contributed by atoms with E-state index >= 15 is 0 Å². The maximum Gasteiger partial charge on any atom is 0.697 e. The van der Waals surface area contributed by atoms with Crippen LogP contribution in [0.3, 0.4) is 0 Å². The van der Waals surface area contributed by atoms with E-state index in [0.717, 1.165) is 11.1 Å². The summed E-state index contributed by atoms with van der Waals surface area (Å²) < 4.78 is 56.4. The summed E-state index contributed by atoms with van der Waals surface area (Å²) in [5.74, 6) is 1.33. The van der Waals surface area contributed by atoms with Gasteiger partial charge in [-0.05, 0) is 73.6 Å². The van der Waals surface area contributed by atoms with Gasteiger partial charge in [-0.2, -0.15) is 0 Å². The summed E-state index contributed by atoms with van der Waals surface area (Å²) in [6.07, 6.45) is -0.0448. The fraction of sp³-hybridized carbons (Fsp3) is 0.538. The van der Waals surface area contributed by atoms with E-state index < -0.39 is 15.9 Å². The van der Waals surface area contributed by atoms with Gasteiger partial charge in [0.15, 0.2) is 0 Å². The van der Waals surface area contributed by atoms with Crippen LogP contribution in [0.4, 0.5) is 0 Å². The summed E-state index contributed by atoms with van der Waals surface area (Å²) in [5.41, 5.74) is 1.47. The van der Waals surface area contributed by atoms with E-state index in [-0.39, 0.29) is 25.4 Å². The largest absolute Gasteiger partial charge is 0.697 e. The minimum atomic E-state index is -3.49. The average Bonchev–Trinajstić information content (AvgIpc) is 2.80. The zero-order valence-corrected chi connectivity index (χ0v) is 24.5. The van der Waals surface area contributed by atoms with Crippen molar-refractivity contribution in [1.82, 2.24) is 0 Å². The molecule has 0 unspecified atom stereocenters. The van der Waals surface area contributed by atoms with Gasteiger partial charge in [-0.3, -0.25) is 4.57 Å². The number of hydrogen-bond acceptors (Lipinski definition) is 8. The maximum absolute atomic E-state index is 13.5. The lowest BCUT2D eigenvalue weighted by Crippen LogP contribution is -2.16. The van der Waals surface area contributed by atoms with E-state index in [0.29, 0.717) is 30.0 Å². The fourth-order valence-corrected chi connectivity index (χ4v) is 5.45. The Kier molecular flexibility index (Phi) is 15.1.